The van der Waals surface area contributed by atoms with Gasteiger partial charge in [0.2, 0.25) is 0 Å². The Labute approximate surface area is 117 Å². The van der Waals surface area contributed by atoms with E-state index >= 15 is 0 Å². The van der Waals surface area contributed by atoms with Crippen LogP contribution < -0.4 is 0 Å². The largest absolute Gasteiger partial charge is 0.348 e. The first-order valence-corrected chi connectivity index (χ1v) is 6.35. The predicted octanol–water partition coefficient (Wildman–Crippen LogP) is 1.11. The van der Waals surface area contributed by atoms with Crippen molar-refractivity contribution < 1.29 is 9.59 Å². The number of nitrogens with zero attached hydrogens (tertiary/aromatic N) is 3. The van der Waals surface area contributed by atoms with E-state index in [2.05, 4.69) is 0 Å². The number of rotatable bonds is 2. The number of carbonyl (C=O) groups excluding carboxylic acids is 2. The number of carbonyl (C=O) groups is 2. The third kappa shape index (κ3) is 2.19. The lowest BCUT2D eigenvalue weighted by molar-refractivity contribution is -0.132. The van der Waals surface area contributed by atoms with Gasteiger partial charge in [0.25, 0.3) is 11.8 Å². The second-order valence-electron chi connectivity index (χ2n) is 4.29. The lowest BCUT2D eigenvalue weighted by Crippen LogP contribution is -2.52. The summed E-state index contributed by atoms with van der Waals surface area (Å²) in [6.07, 6.45) is 3.52. The van der Waals surface area contributed by atoms with Crippen LogP contribution in [0.15, 0.2) is 23.9 Å². The van der Waals surface area contributed by atoms with Crippen molar-refractivity contribution in [2.75, 3.05) is 14.1 Å². The summed E-state index contributed by atoms with van der Waals surface area (Å²) in [5.74, 6) is -0.728. The van der Waals surface area contributed by atoms with Crippen LogP contribution in [0.2, 0.25) is 0 Å². The Bertz CT molecular complexity index is 562. The van der Waals surface area contributed by atoms with Gasteiger partial charge in [0.1, 0.15) is 5.57 Å². The number of amides is 2. The Morgan fingerprint density at radius 1 is 1.21 bits per heavy atom. The van der Waals surface area contributed by atoms with Crippen LogP contribution in [0.1, 0.15) is 12.6 Å². The van der Waals surface area contributed by atoms with Gasteiger partial charge >= 0.3 is 0 Å². The van der Waals surface area contributed by atoms with Crippen LogP contribution in [0.3, 0.4) is 0 Å². The minimum absolute atomic E-state index is 0.131. The third-order valence-electron chi connectivity index (χ3n) is 3.14. The van der Waals surface area contributed by atoms with Crippen LogP contribution in [0, 0.1) is 0 Å². The average Bonchev–Trinajstić information content (AvgIpc) is 2.86. The van der Waals surface area contributed by atoms with Gasteiger partial charge < -0.3 is 4.57 Å². The summed E-state index contributed by atoms with van der Waals surface area (Å²) < 4.78 is 1.96. The van der Waals surface area contributed by atoms with Crippen LogP contribution in [0.5, 0.6) is 0 Å². The topological polar surface area (TPSA) is 45.6 Å². The molecule has 1 aromatic rings. The maximum Gasteiger partial charge on any atom is 0.265 e. The van der Waals surface area contributed by atoms with Crippen molar-refractivity contribution >= 4 is 35.2 Å². The SMILES string of the molecule is CCn1cccc1C=C1C(=O)N(C)C(=S)N(C)C1=O. The van der Waals surface area contributed by atoms with Gasteiger partial charge in [-0.05, 0) is 37.4 Å². The second kappa shape index (κ2) is 4.97. The fourth-order valence-corrected chi connectivity index (χ4v) is 2.14. The minimum atomic E-state index is -0.364. The van der Waals surface area contributed by atoms with E-state index in [4.69, 9.17) is 12.2 Å². The average molecular weight is 277 g/mol. The van der Waals surface area contributed by atoms with Gasteiger partial charge in [-0.25, -0.2) is 0 Å². The normalized spacial score (nSPS) is 16.4. The zero-order valence-electron chi connectivity index (χ0n) is 11.1. The summed E-state index contributed by atoms with van der Waals surface area (Å²) in [5, 5.41) is 0.220. The molecule has 0 aromatic carbocycles. The van der Waals surface area contributed by atoms with Crippen LogP contribution in [-0.2, 0) is 16.1 Å². The Balaban J connectivity index is 2.46. The zero-order chi connectivity index (χ0) is 14.2. The molecule has 6 heteroatoms. The minimum Gasteiger partial charge on any atom is -0.348 e. The van der Waals surface area contributed by atoms with Crippen LogP contribution in [-0.4, -0.2) is 45.4 Å². The maximum absolute atomic E-state index is 12.1. The lowest BCUT2D eigenvalue weighted by Gasteiger charge is -2.31. The molecule has 0 unspecified atom stereocenters. The summed E-state index contributed by atoms with van der Waals surface area (Å²) in [5.41, 5.74) is 0.959. The number of hydrogen-bond donors (Lipinski definition) is 0. The number of likely N-dealkylation sites (N-methyl/N-ethyl adjacent to an activating group) is 2. The standard InChI is InChI=1S/C13H15N3O2S/c1-4-16-7-5-6-9(16)8-10-11(17)14(2)13(19)15(3)12(10)18/h5-8H,4H2,1-3H3. The highest BCUT2D eigenvalue weighted by Gasteiger charge is 2.35. The molecule has 1 aliphatic rings. The molecular weight excluding hydrogens is 262 g/mol. The molecule has 2 amide bonds. The maximum atomic E-state index is 12.1. The van der Waals surface area contributed by atoms with Gasteiger partial charge in [-0.3, -0.25) is 19.4 Å². The van der Waals surface area contributed by atoms with E-state index in [1.165, 1.54) is 9.80 Å². The molecule has 0 N–H and O–H groups in total. The first-order valence-electron chi connectivity index (χ1n) is 5.94. The molecule has 1 saturated heterocycles. The lowest BCUT2D eigenvalue weighted by atomic mass is 10.1. The highest BCUT2D eigenvalue weighted by Crippen LogP contribution is 2.18. The van der Waals surface area contributed by atoms with Crippen molar-refractivity contribution in [3.8, 4) is 0 Å². The van der Waals surface area contributed by atoms with E-state index in [0.717, 1.165) is 12.2 Å². The number of aryl methyl sites for hydroxylation is 1. The van der Waals surface area contributed by atoms with Crippen molar-refractivity contribution in [3.05, 3.63) is 29.6 Å². The van der Waals surface area contributed by atoms with E-state index in [0.29, 0.717) is 0 Å². The Morgan fingerprint density at radius 3 is 2.32 bits per heavy atom. The van der Waals surface area contributed by atoms with Gasteiger partial charge in [0, 0.05) is 32.5 Å². The fourth-order valence-electron chi connectivity index (χ4n) is 1.97. The molecule has 100 valence electrons. The van der Waals surface area contributed by atoms with E-state index in [1.54, 1.807) is 20.2 Å². The van der Waals surface area contributed by atoms with Crippen molar-refractivity contribution in [1.82, 2.24) is 14.4 Å². The number of hydrogen-bond acceptors (Lipinski definition) is 3. The first kappa shape index (κ1) is 13.5. The van der Waals surface area contributed by atoms with Crippen LogP contribution >= 0.6 is 12.2 Å². The van der Waals surface area contributed by atoms with E-state index < -0.39 is 0 Å². The molecular formula is C13H15N3O2S. The second-order valence-corrected chi connectivity index (χ2v) is 4.65. The summed E-state index contributed by atoms with van der Waals surface area (Å²) in [6.45, 7) is 2.78. The van der Waals surface area contributed by atoms with Crippen LogP contribution in [0.4, 0.5) is 0 Å². The molecule has 19 heavy (non-hydrogen) atoms. The van der Waals surface area contributed by atoms with Crippen molar-refractivity contribution in [3.63, 3.8) is 0 Å². The van der Waals surface area contributed by atoms with E-state index in [9.17, 15) is 9.59 Å². The summed E-state index contributed by atoms with van der Waals surface area (Å²) in [6, 6.07) is 3.75. The quantitative estimate of drug-likeness (QED) is 0.462. The van der Waals surface area contributed by atoms with Gasteiger partial charge in [0.05, 0.1) is 0 Å². The molecule has 0 saturated carbocycles. The molecule has 2 rings (SSSR count). The summed E-state index contributed by atoms with van der Waals surface area (Å²) >= 11 is 5.03. The molecule has 0 radical (unpaired) electrons. The molecule has 0 bridgehead atoms. The third-order valence-corrected chi connectivity index (χ3v) is 3.69. The monoisotopic (exact) mass is 277 g/mol. The Morgan fingerprint density at radius 2 is 1.79 bits per heavy atom. The summed E-state index contributed by atoms with van der Waals surface area (Å²) in [7, 11) is 3.14. The molecule has 1 aliphatic heterocycles. The Hall–Kier alpha value is -1.95. The van der Waals surface area contributed by atoms with Gasteiger partial charge in [-0.2, -0.15) is 0 Å². The van der Waals surface area contributed by atoms with Crippen molar-refractivity contribution in [2.24, 2.45) is 0 Å². The van der Waals surface area contributed by atoms with Crippen LogP contribution in [0.25, 0.3) is 6.08 Å². The van der Waals surface area contributed by atoms with Crippen molar-refractivity contribution in [1.29, 1.82) is 0 Å². The van der Waals surface area contributed by atoms with Gasteiger partial charge in [0.15, 0.2) is 5.11 Å². The highest BCUT2D eigenvalue weighted by atomic mass is 32.1. The van der Waals surface area contributed by atoms with E-state index in [1.807, 2.05) is 29.8 Å². The molecule has 5 nitrogen and oxygen atoms in total. The molecule has 1 aromatic heterocycles. The summed E-state index contributed by atoms with van der Waals surface area (Å²) in [4.78, 5) is 26.9. The smallest absolute Gasteiger partial charge is 0.265 e. The number of aromatic nitrogens is 1. The molecule has 0 spiro atoms. The van der Waals surface area contributed by atoms with E-state index in [-0.39, 0.29) is 22.5 Å². The van der Waals surface area contributed by atoms with Crippen molar-refractivity contribution in [2.45, 2.75) is 13.5 Å². The zero-order valence-corrected chi connectivity index (χ0v) is 11.9. The Kier molecular flexibility index (Phi) is 3.53. The first-order chi connectivity index (χ1) is 8.97. The highest BCUT2D eigenvalue weighted by molar-refractivity contribution is 7.80. The molecule has 0 aliphatic carbocycles. The number of thiocarbonyl (C=S) groups is 1. The van der Waals surface area contributed by atoms with Gasteiger partial charge in [-0.1, -0.05) is 0 Å². The fraction of sp³-hybridized carbons (Fsp3) is 0.308. The van der Waals surface area contributed by atoms with Gasteiger partial charge in [-0.15, -0.1) is 0 Å². The predicted molar refractivity (Wildman–Crippen MR) is 76.2 cm³/mol. The molecule has 1 fully saturated rings. The molecule has 0 atom stereocenters. The molecule has 2 heterocycles.